The zero-order valence-electron chi connectivity index (χ0n) is 13.6. The Labute approximate surface area is 137 Å². The topological polar surface area (TPSA) is 68.7 Å². The lowest BCUT2D eigenvalue weighted by Gasteiger charge is -2.36. The van der Waals surface area contributed by atoms with Gasteiger partial charge in [-0.1, -0.05) is 6.07 Å². The summed E-state index contributed by atoms with van der Waals surface area (Å²) in [6.07, 6.45) is 4.84. The molecule has 1 aromatic heterocycles. The van der Waals surface area contributed by atoms with Crippen LogP contribution in [0.15, 0.2) is 24.5 Å². The van der Waals surface area contributed by atoms with Gasteiger partial charge in [-0.25, -0.2) is 8.42 Å². The quantitative estimate of drug-likeness (QED) is 0.786. The summed E-state index contributed by atoms with van der Waals surface area (Å²) in [5.74, 6) is -0.0345. The minimum Gasteiger partial charge on any atom is -0.376 e. The van der Waals surface area contributed by atoms with E-state index < -0.39 is 21.7 Å². The molecular formula is C16H24N2O4S. The molecule has 2 heterocycles. The van der Waals surface area contributed by atoms with E-state index in [0.29, 0.717) is 19.8 Å². The maximum absolute atomic E-state index is 12.9. The van der Waals surface area contributed by atoms with Gasteiger partial charge in [-0.05, 0) is 38.3 Å². The summed E-state index contributed by atoms with van der Waals surface area (Å²) in [4.78, 5) is 4.07. The van der Waals surface area contributed by atoms with Crippen molar-refractivity contribution in [2.75, 3.05) is 19.0 Å². The highest BCUT2D eigenvalue weighted by Crippen LogP contribution is 2.32. The number of sulfonamides is 1. The van der Waals surface area contributed by atoms with Gasteiger partial charge in [0.15, 0.2) is 0 Å². The summed E-state index contributed by atoms with van der Waals surface area (Å²) < 4.78 is 38.7. The molecule has 0 amide bonds. The highest BCUT2D eigenvalue weighted by atomic mass is 32.2. The van der Waals surface area contributed by atoms with E-state index in [1.807, 2.05) is 26.0 Å². The fraction of sp³-hybridized carbons (Fsp3) is 0.688. The largest absolute Gasteiger partial charge is 0.376 e. The van der Waals surface area contributed by atoms with E-state index in [-0.39, 0.29) is 11.8 Å². The second-order valence-electron chi connectivity index (χ2n) is 6.93. The molecule has 1 aliphatic heterocycles. The molecule has 0 bridgehead atoms. The van der Waals surface area contributed by atoms with Gasteiger partial charge < -0.3 is 9.47 Å². The number of hydrogen-bond donors (Lipinski definition) is 0. The molecule has 6 nitrogen and oxygen atoms in total. The molecule has 3 rings (SSSR count). The number of ether oxygens (including phenoxy) is 2. The first kappa shape index (κ1) is 16.8. The Morgan fingerprint density at radius 2 is 2.17 bits per heavy atom. The van der Waals surface area contributed by atoms with Crippen molar-refractivity contribution in [2.45, 2.75) is 51.0 Å². The molecule has 2 fully saturated rings. The molecule has 0 unspecified atom stereocenters. The number of hydrogen-bond acceptors (Lipinski definition) is 5. The molecule has 0 aromatic carbocycles. The van der Waals surface area contributed by atoms with Crippen LogP contribution < -0.4 is 0 Å². The summed E-state index contributed by atoms with van der Waals surface area (Å²) in [7, 11) is -3.41. The smallest absolute Gasteiger partial charge is 0.217 e. The lowest BCUT2D eigenvalue weighted by atomic mass is 10.1. The Balaban J connectivity index is 1.70. The van der Waals surface area contributed by atoms with Gasteiger partial charge in [-0.3, -0.25) is 4.98 Å². The number of aromatic nitrogens is 1. The number of pyridine rings is 1. The van der Waals surface area contributed by atoms with Gasteiger partial charge in [-0.15, -0.1) is 0 Å². The highest BCUT2D eigenvalue weighted by Gasteiger charge is 2.40. The summed E-state index contributed by atoms with van der Waals surface area (Å²) >= 11 is 0. The van der Waals surface area contributed by atoms with E-state index in [1.54, 1.807) is 16.7 Å². The van der Waals surface area contributed by atoms with Gasteiger partial charge in [0.25, 0.3) is 0 Å². The Bertz CT molecular complexity index is 629. The summed E-state index contributed by atoms with van der Waals surface area (Å²) in [6, 6.07) is 3.84. The van der Waals surface area contributed by atoms with Crippen LogP contribution in [0.25, 0.3) is 0 Å². The minimum absolute atomic E-state index is 0.0345. The third kappa shape index (κ3) is 4.50. The average Bonchev–Trinajstić information content (AvgIpc) is 3.28. The second kappa shape index (κ2) is 6.47. The predicted molar refractivity (Wildman–Crippen MR) is 86.4 cm³/mol. The van der Waals surface area contributed by atoms with E-state index >= 15 is 0 Å². The van der Waals surface area contributed by atoms with E-state index in [4.69, 9.17) is 9.47 Å². The van der Waals surface area contributed by atoms with Crippen LogP contribution in [0, 0.1) is 0 Å². The first-order valence-electron chi connectivity index (χ1n) is 8.00. The molecule has 0 spiro atoms. The van der Waals surface area contributed by atoms with Crippen molar-refractivity contribution in [2.24, 2.45) is 0 Å². The molecule has 1 atom stereocenters. The lowest BCUT2D eigenvalue weighted by molar-refractivity contribution is -0.174. The van der Waals surface area contributed by atoms with Crippen LogP contribution in [0.4, 0.5) is 0 Å². The molecule has 0 N–H and O–H groups in total. The molecular weight excluding hydrogens is 316 g/mol. The van der Waals surface area contributed by atoms with Crippen LogP contribution in [0.1, 0.15) is 32.3 Å². The molecule has 7 heteroatoms. The maximum atomic E-state index is 12.9. The van der Waals surface area contributed by atoms with Gasteiger partial charge in [0.05, 0.1) is 30.7 Å². The standard InChI is InChI=1S/C16H24N2O4S/c1-16(2)12-21-10-15(22-16)11-23(19,20)18(14-5-6-14)9-13-4-3-7-17-8-13/h3-4,7-8,14-15H,5-6,9-12H2,1-2H3/t15-/m1/s1. The minimum atomic E-state index is -3.41. The first-order chi connectivity index (χ1) is 10.9. The second-order valence-corrected chi connectivity index (χ2v) is 8.90. The molecule has 1 aliphatic carbocycles. The lowest BCUT2D eigenvalue weighted by Crippen LogP contribution is -2.48. The Morgan fingerprint density at radius 3 is 2.78 bits per heavy atom. The van der Waals surface area contributed by atoms with Gasteiger partial charge in [0.2, 0.25) is 10.0 Å². The highest BCUT2D eigenvalue weighted by molar-refractivity contribution is 7.89. The van der Waals surface area contributed by atoms with Crippen molar-refractivity contribution in [3.63, 3.8) is 0 Å². The van der Waals surface area contributed by atoms with Crippen LogP contribution >= 0.6 is 0 Å². The predicted octanol–water partition coefficient (Wildman–Crippen LogP) is 1.57. The number of rotatable bonds is 6. The fourth-order valence-electron chi connectivity index (χ4n) is 2.86. The van der Waals surface area contributed by atoms with Crippen molar-refractivity contribution >= 4 is 10.0 Å². The van der Waals surface area contributed by atoms with Crippen LogP contribution in [0.2, 0.25) is 0 Å². The van der Waals surface area contributed by atoms with E-state index in [1.165, 1.54) is 0 Å². The molecule has 1 aromatic rings. The van der Waals surface area contributed by atoms with Gasteiger partial charge in [0.1, 0.15) is 0 Å². The van der Waals surface area contributed by atoms with Crippen molar-refractivity contribution in [3.8, 4) is 0 Å². The molecule has 0 radical (unpaired) electrons. The van der Waals surface area contributed by atoms with Gasteiger partial charge in [-0.2, -0.15) is 4.31 Å². The Kier molecular flexibility index (Phi) is 4.73. The SMILES string of the molecule is CC1(C)COC[C@H](CS(=O)(=O)N(Cc2cccnc2)C2CC2)O1. The average molecular weight is 340 g/mol. The normalized spacial score (nSPS) is 24.7. The van der Waals surface area contributed by atoms with Crippen LogP contribution in [-0.4, -0.2) is 54.4 Å². The first-order valence-corrected chi connectivity index (χ1v) is 9.61. The van der Waals surface area contributed by atoms with Crippen molar-refractivity contribution in [1.29, 1.82) is 0 Å². The van der Waals surface area contributed by atoms with Crippen LogP contribution in [0.5, 0.6) is 0 Å². The zero-order valence-corrected chi connectivity index (χ0v) is 14.5. The van der Waals surface area contributed by atoms with Gasteiger partial charge in [0, 0.05) is 25.0 Å². The molecule has 1 saturated heterocycles. The summed E-state index contributed by atoms with van der Waals surface area (Å²) in [5, 5.41) is 0. The fourth-order valence-corrected chi connectivity index (χ4v) is 4.69. The Hall–Kier alpha value is -1.02. The maximum Gasteiger partial charge on any atom is 0.217 e. The molecule has 1 saturated carbocycles. The zero-order chi connectivity index (χ0) is 16.5. The van der Waals surface area contributed by atoms with E-state index in [9.17, 15) is 8.42 Å². The van der Waals surface area contributed by atoms with Gasteiger partial charge >= 0.3 is 0 Å². The third-order valence-corrected chi connectivity index (χ3v) is 5.94. The summed E-state index contributed by atoms with van der Waals surface area (Å²) in [6.45, 7) is 5.03. The van der Waals surface area contributed by atoms with Crippen molar-refractivity contribution < 1.29 is 17.9 Å². The van der Waals surface area contributed by atoms with Crippen molar-refractivity contribution in [3.05, 3.63) is 30.1 Å². The molecule has 128 valence electrons. The van der Waals surface area contributed by atoms with E-state index in [0.717, 1.165) is 18.4 Å². The Morgan fingerprint density at radius 1 is 1.39 bits per heavy atom. The summed E-state index contributed by atoms with van der Waals surface area (Å²) in [5.41, 5.74) is 0.468. The molecule has 23 heavy (non-hydrogen) atoms. The number of nitrogens with zero attached hydrogens (tertiary/aromatic N) is 2. The van der Waals surface area contributed by atoms with Crippen molar-refractivity contribution in [1.82, 2.24) is 9.29 Å². The molecule has 2 aliphatic rings. The third-order valence-electron chi connectivity index (χ3n) is 4.01. The van der Waals surface area contributed by atoms with E-state index in [2.05, 4.69) is 4.98 Å². The monoisotopic (exact) mass is 340 g/mol. The van der Waals surface area contributed by atoms with Crippen LogP contribution in [-0.2, 0) is 26.0 Å². The van der Waals surface area contributed by atoms with Crippen LogP contribution in [0.3, 0.4) is 0 Å².